The van der Waals surface area contributed by atoms with Gasteiger partial charge in [-0.15, -0.1) is 0 Å². The van der Waals surface area contributed by atoms with Crippen LogP contribution in [-0.2, 0) is 9.53 Å². The molecule has 0 atom stereocenters. The van der Waals surface area contributed by atoms with Gasteiger partial charge in [0.05, 0.1) is 6.61 Å². The second-order valence-corrected chi connectivity index (χ2v) is 7.65. The molecule has 152 valence electrons. The van der Waals surface area contributed by atoms with E-state index in [2.05, 4.69) is 9.98 Å². The van der Waals surface area contributed by atoms with Crippen LogP contribution in [0.25, 0.3) is 0 Å². The first-order valence-corrected chi connectivity index (χ1v) is 9.73. The van der Waals surface area contributed by atoms with Crippen LogP contribution in [0.2, 0.25) is 0 Å². The van der Waals surface area contributed by atoms with E-state index in [-0.39, 0.29) is 5.96 Å². The predicted octanol–water partition coefficient (Wildman–Crippen LogP) is 2.52. The Balaban J connectivity index is 1.84. The monoisotopic (exact) mass is 387 g/mol. The van der Waals surface area contributed by atoms with Crippen molar-refractivity contribution >= 4 is 23.6 Å². The fourth-order valence-electron chi connectivity index (χ4n) is 3.80. The normalized spacial score (nSPS) is 19.0. The molecule has 1 aliphatic carbocycles. The Morgan fingerprint density at radius 3 is 2.43 bits per heavy atom. The summed E-state index contributed by atoms with van der Waals surface area (Å²) < 4.78 is 10.9. The van der Waals surface area contributed by atoms with Gasteiger partial charge in [-0.2, -0.15) is 4.99 Å². The molecule has 1 aliphatic heterocycles. The number of hydrogen-bond donors (Lipinski definition) is 2. The quantitative estimate of drug-likeness (QED) is 0.750. The number of guanidine groups is 2. The van der Waals surface area contributed by atoms with Crippen LogP contribution in [0.15, 0.2) is 34.3 Å². The van der Waals surface area contributed by atoms with E-state index in [4.69, 9.17) is 20.9 Å². The maximum Gasteiger partial charge on any atom is 0.349 e. The molecule has 4 N–H and O–H groups in total. The van der Waals surface area contributed by atoms with E-state index >= 15 is 0 Å². The van der Waals surface area contributed by atoms with Gasteiger partial charge in [0, 0.05) is 5.69 Å². The third kappa shape index (κ3) is 3.90. The average Bonchev–Trinajstić information content (AvgIpc) is 2.63. The standard InChI is InChI=1S/C20H29N5O3/c1-4-27-16(26)19(2,3)28-15-10-8-14(9-11-15)25-18(22)23-17(21)24-20(25)12-6-5-7-13-20/h8-11H,4-7,12-13H2,1-3H3,(H4,21,22,23,24). The predicted molar refractivity (Wildman–Crippen MR) is 109 cm³/mol. The van der Waals surface area contributed by atoms with Gasteiger partial charge in [-0.05, 0) is 70.7 Å². The summed E-state index contributed by atoms with van der Waals surface area (Å²) in [5.41, 5.74) is 11.5. The summed E-state index contributed by atoms with van der Waals surface area (Å²) in [6, 6.07) is 7.41. The van der Waals surface area contributed by atoms with Crippen molar-refractivity contribution in [3.05, 3.63) is 24.3 Å². The number of carbonyl (C=O) groups is 1. The van der Waals surface area contributed by atoms with Crippen molar-refractivity contribution in [2.75, 3.05) is 11.5 Å². The summed E-state index contributed by atoms with van der Waals surface area (Å²) in [4.78, 5) is 22.8. The minimum absolute atomic E-state index is 0.229. The Bertz CT molecular complexity index is 780. The molecule has 3 rings (SSSR count). The fraction of sp³-hybridized carbons (Fsp3) is 0.550. The van der Waals surface area contributed by atoms with Crippen LogP contribution in [0.4, 0.5) is 5.69 Å². The molecule has 8 nitrogen and oxygen atoms in total. The van der Waals surface area contributed by atoms with Crippen LogP contribution in [0.1, 0.15) is 52.9 Å². The van der Waals surface area contributed by atoms with Crippen molar-refractivity contribution in [1.82, 2.24) is 0 Å². The lowest BCUT2D eigenvalue weighted by molar-refractivity contribution is -0.158. The number of nitrogens with two attached hydrogens (primary N) is 2. The van der Waals surface area contributed by atoms with Crippen molar-refractivity contribution in [2.24, 2.45) is 21.5 Å². The second kappa shape index (κ2) is 7.69. The van der Waals surface area contributed by atoms with Crippen molar-refractivity contribution < 1.29 is 14.3 Å². The zero-order chi connectivity index (χ0) is 20.4. The van der Waals surface area contributed by atoms with Crippen LogP contribution >= 0.6 is 0 Å². The third-order valence-corrected chi connectivity index (χ3v) is 5.09. The van der Waals surface area contributed by atoms with Crippen LogP contribution in [0.3, 0.4) is 0 Å². The topological polar surface area (TPSA) is 116 Å². The van der Waals surface area contributed by atoms with Crippen LogP contribution in [0, 0.1) is 0 Å². The molecule has 1 aromatic carbocycles. The molecule has 1 aromatic rings. The largest absolute Gasteiger partial charge is 0.476 e. The molecule has 1 saturated carbocycles. The Morgan fingerprint density at radius 1 is 1.18 bits per heavy atom. The fourth-order valence-corrected chi connectivity index (χ4v) is 3.80. The summed E-state index contributed by atoms with van der Waals surface area (Å²) in [5, 5.41) is 0. The highest BCUT2D eigenvalue weighted by molar-refractivity contribution is 6.05. The van der Waals surface area contributed by atoms with Crippen molar-refractivity contribution in [1.29, 1.82) is 0 Å². The number of ether oxygens (including phenoxy) is 2. The molecule has 1 heterocycles. The van der Waals surface area contributed by atoms with E-state index in [9.17, 15) is 4.79 Å². The first kappa shape index (κ1) is 20.0. The number of esters is 1. The van der Waals surface area contributed by atoms with Gasteiger partial charge in [0.15, 0.2) is 5.60 Å². The number of benzene rings is 1. The molecule has 0 saturated heterocycles. The van der Waals surface area contributed by atoms with E-state index in [1.165, 1.54) is 6.42 Å². The number of aliphatic imine (C=N–C) groups is 2. The van der Waals surface area contributed by atoms with Gasteiger partial charge in [0.2, 0.25) is 11.9 Å². The summed E-state index contributed by atoms with van der Waals surface area (Å²) in [6.07, 6.45) is 5.05. The number of carbonyl (C=O) groups excluding carboxylic acids is 1. The highest BCUT2D eigenvalue weighted by Gasteiger charge is 2.42. The molecular weight excluding hydrogens is 358 g/mol. The van der Waals surface area contributed by atoms with Gasteiger partial charge in [-0.3, -0.25) is 4.90 Å². The molecule has 0 amide bonds. The van der Waals surface area contributed by atoms with Gasteiger partial charge in [-0.1, -0.05) is 6.42 Å². The maximum atomic E-state index is 12.0. The molecule has 0 unspecified atom stereocenters. The molecular formula is C20H29N5O3. The number of anilines is 1. The Hall–Kier alpha value is -2.77. The van der Waals surface area contributed by atoms with Crippen molar-refractivity contribution in [2.45, 2.75) is 64.1 Å². The molecule has 0 radical (unpaired) electrons. The van der Waals surface area contributed by atoms with E-state index in [0.29, 0.717) is 18.3 Å². The van der Waals surface area contributed by atoms with Gasteiger partial charge >= 0.3 is 5.97 Å². The SMILES string of the molecule is CCOC(=O)C(C)(C)Oc1ccc(N2C(N)=NC(N)=NC23CCCCC3)cc1. The molecule has 0 aromatic heterocycles. The van der Waals surface area contributed by atoms with E-state index in [1.54, 1.807) is 20.8 Å². The summed E-state index contributed by atoms with van der Waals surface area (Å²) in [7, 11) is 0. The van der Waals surface area contributed by atoms with Crippen LogP contribution < -0.4 is 21.1 Å². The number of hydrogen-bond acceptors (Lipinski definition) is 8. The minimum atomic E-state index is -1.08. The van der Waals surface area contributed by atoms with Gasteiger partial charge in [0.25, 0.3) is 0 Å². The first-order chi connectivity index (χ1) is 13.3. The van der Waals surface area contributed by atoms with Crippen molar-refractivity contribution in [3.63, 3.8) is 0 Å². The second-order valence-electron chi connectivity index (χ2n) is 7.65. The Morgan fingerprint density at radius 2 is 1.82 bits per heavy atom. The van der Waals surface area contributed by atoms with E-state index in [0.717, 1.165) is 31.4 Å². The van der Waals surface area contributed by atoms with E-state index in [1.807, 2.05) is 29.2 Å². The van der Waals surface area contributed by atoms with Crippen LogP contribution in [0.5, 0.6) is 5.75 Å². The lowest BCUT2D eigenvalue weighted by Gasteiger charge is -2.45. The van der Waals surface area contributed by atoms with Gasteiger partial charge in [-0.25, -0.2) is 9.79 Å². The number of rotatable bonds is 5. The lowest BCUT2D eigenvalue weighted by atomic mass is 9.87. The average molecular weight is 387 g/mol. The van der Waals surface area contributed by atoms with Gasteiger partial charge < -0.3 is 20.9 Å². The Labute approximate surface area is 165 Å². The third-order valence-electron chi connectivity index (χ3n) is 5.09. The molecule has 1 spiro atoms. The van der Waals surface area contributed by atoms with Crippen molar-refractivity contribution in [3.8, 4) is 5.75 Å². The maximum absolute atomic E-state index is 12.0. The number of nitrogens with zero attached hydrogens (tertiary/aromatic N) is 3. The lowest BCUT2D eigenvalue weighted by Crippen LogP contribution is -2.58. The molecule has 0 bridgehead atoms. The zero-order valence-corrected chi connectivity index (χ0v) is 16.8. The highest BCUT2D eigenvalue weighted by atomic mass is 16.6. The smallest absolute Gasteiger partial charge is 0.349 e. The zero-order valence-electron chi connectivity index (χ0n) is 16.8. The molecule has 2 aliphatic rings. The Kier molecular flexibility index (Phi) is 5.49. The molecule has 8 heteroatoms. The molecule has 1 fully saturated rings. The van der Waals surface area contributed by atoms with E-state index < -0.39 is 17.2 Å². The highest BCUT2D eigenvalue weighted by Crippen LogP contribution is 2.39. The summed E-state index contributed by atoms with van der Waals surface area (Å²) >= 11 is 0. The summed E-state index contributed by atoms with van der Waals surface area (Å²) in [6.45, 7) is 5.44. The van der Waals surface area contributed by atoms with Crippen LogP contribution in [-0.4, -0.2) is 35.8 Å². The minimum Gasteiger partial charge on any atom is -0.476 e. The first-order valence-electron chi connectivity index (χ1n) is 9.73. The van der Waals surface area contributed by atoms with Gasteiger partial charge in [0.1, 0.15) is 11.4 Å². The summed E-state index contributed by atoms with van der Waals surface area (Å²) in [5.74, 6) is 0.731. The molecule has 28 heavy (non-hydrogen) atoms.